The summed E-state index contributed by atoms with van der Waals surface area (Å²) in [6.07, 6.45) is -1.41. The second kappa shape index (κ2) is 7.74. The molecular weight excluding hydrogens is 353 g/mol. The first-order valence-electron chi connectivity index (χ1n) is 3.08. The Kier molecular flexibility index (Phi) is 9.11. The predicted molar refractivity (Wildman–Crippen MR) is 61.5 cm³/mol. The van der Waals surface area contributed by atoms with Crippen LogP contribution < -0.4 is 0 Å². The van der Waals surface area contributed by atoms with Crippen molar-refractivity contribution in [2.45, 2.75) is 14.9 Å². The van der Waals surface area contributed by atoms with E-state index >= 15 is 0 Å². The van der Waals surface area contributed by atoms with Gasteiger partial charge in [-0.1, -0.05) is 0 Å². The fourth-order valence-corrected chi connectivity index (χ4v) is 0.588. The molecule has 0 radical (unpaired) electrons. The highest BCUT2D eigenvalue weighted by molar-refractivity contribution is 6.67. The van der Waals surface area contributed by atoms with E-state index in [4.69, 9.17) is 79.5 Å². The van der Waals surface area contributed by atoms with Crippen molar-refractivity contribution < 1.29 is 24.2 Å². The minimum absolute atomic E-state index is 0.833. The molecule has 0 unspecified atom stereocenters. The molecule has 0 saturated carbocycles. The van der Waals surface area contributed by atoms with Gasteiger partial charge in [0.25, 0.3) is 5.97 Å². The summed E-state index contributed by atoms with van der Waals surface area (Å²) in [6.45, 7) is 1.08. The molecule has 0 spiro atoms. The average molecular weight is 357 g/mol. The quantitative estimate of drug-likeness (QED) is 0.526. The lowest BCUT2D eigenvalue weighted by Gasteiger charge is -2.15. The molecule has 0 fully saturated rings. The molecule has 11 heteroatoms. The van der Waals surface area contributed by atoms with Gasteiger partial charge in [0.15, 0.2) is 0 Å². The maximum atomic E-state index is 10.5. The third-order valence-corrected chi connectivity index (χ3v) is 0.861. The van der Waals surface area contributed by atoms with E-state index < -0.39 is 20.1 Å². The van der Waals surface area contributed by atoms with E-state index in [2.05, 4.69) is 9.47 Å². The van der Waals surface area contributed by atoms with Gasteiger partial charge in [0.2, 0.25) is 0 Å². The Balaban J connectivity index is 0. The van der Waals surface area contributed by atoms with Crippen molar-refractivity contribution in [3.8, 4) is 0 Å². The maximum Gasteiger partial charge on any atom is 0.515 e. The molecule has 0 amide bonds. The molecule has 96 valence electrons. The van der Waals surface area contributed by atoms with Crippen LogP contribution >= 0.6 is 69.6 Å². The normalized spacial score (nSPS) is 10.9. The zero-order valence-electron chi connectivity index (χ0n) is 7.35. The van der Waals surface area contributed by atoms with Crippen LogP contribution in [0.2, 0.25) is 0 Å². The summed E-state index contributed by atoms with van der Waals surface area (Å²) in [4.78, 5) is 19.5. The van der Waals surface area contributed by atoms with Gasteiger partial charge in [-0.2, -0.15) is 0 Å². The van der Waals surface area contributed by atoms with Crippen molar-refractivity contribution in [1.82, 2.24) is 0 Å². The van der Waals surface area contributed by atoms with Crippen LogP contribution in [0.4, 0.5) is 4.79 Å². The van der Waals surface area contributed by atoms with Crippen molar-refractivity contribution in [2.24, 2.45) is 0 Å². The number of aliphatic carboxylic acids is 1. The van der Waals surface area contributed by atoms with Crippen LogP contribution in [0.5, 0.6) is 0 Å². The lowest BCUT2D eigenvalue weighted by molar-refractivity contribution is -0.134. The summed E-state index contributed by atoms with van der Waals surface area (Å²) in [5, 5.41) is 7.42. The molecule has 5 nitrogen and oxygen atoms in total. The highest BCUT2D eigenvalue weighted by Gasteiger charge is 2.32. The molecule has 0 saturated heterocycles. The fourth-order valence-electron chi connectivity index (χ4n) is 0.210. The zero-order chi connectivity index (χ0) is 13.6. The number of alkyl halides is 6. The van der Waals surface area contributed by atoms with Crippen molar-refractivity contribution >= 4 is 81.7 Å². The lowest BCUT2D eigenvalue weighted by atomic mass is 10.9. The number of rotatable bonds is 0. The van der Waals surface area contributed by atoms with Crippen LogP contribution in [0.15, 0.2) is 0 Å². The van der Waals surface area contributed by atoms with Crippen LogP contribution in [-0.4, -0.2) is 25.2 Å². The highest BCUT2D eigenvalue weighted by atomic mass is 35.6. The number of carboxylic acids is 1. The van der Waals surface area contributed by atoms with Gasteiger partial charge in [-0.15, -0.1) is 0 Å². The van der Waals surface area contributed by atoms with Crippen LogP contribution in [0, 0.1) is 0 Å². The number of hydrogen-bond acceptors (Lipinski definition) is 4. The summed E-state index contributed by atoms with van der Waals surface area (Å²) in [5.74, 6) is -0.833. The third-order valence-electron chi connectivity index (χ3n) is 0.398. The summed E-state index contributed by atoms with van der Waals surface area (Å²) < 4.78 is 3.50. The Morgan fingerprint density at radius 3 is 1.25 bits per heavy atom. The fraction of sp³-hybridized carbons (Fsp3) is 0.600. The van der Waals surface area contributed by atoms with Gasteiger partial charge in [-0.25, -0.2) is 4.79 Å². The lowest BCUT2D eigenvalue weighted by Crippen LogP contribution is -2.22. The second-order valence-corrected chi connectivity index (χ2v) is 6.22. The first-order chi connectivity index (χ1) is 6.83. The molecule has 0 atom stereocenters. The summed E-state index contributed by atoms with van der Waals surface area (Å²) in [7, 11) is 0. The number of carboxylic acid groups (broad SMARTS) is 1. The Bertz CT molecular complexity index is 221. The predicted octanol–water partition coefficient (Wildman–Crippen LogP) is 3.89. The van der Waals surface area contributed by atoms with Crippen LogP contribution in [0.3, 0.4) is 0 Å². The molecule has 0 aromatic heterocycles. The van der Waals surface area contributed by atoms with Crippen molar-refractivity contribution in [2.75, 3.05) is 0 Å². The smallest absolute Gasteiger partial charge is 0.481 e. The van der Waals surface area contributed by atoms with E-state index in [0.717, 1.165) is 6.92 Å². The number of carbonyl (C=O) groups excluding carboxylic acids is 1. The molecule has 0 aromatic rings. The van der Waals surface area contributed by atoms with Gasteiger partial charge in [-0.3, -0.25) is 4.79 Å². The number of ether oxygens (including phenoxy) is 2. The molecule has 1 N–H and O–H groups in total. The van der Waals surface area contributed by atoms with Gasteiger partial charge in [0.05, 0.1) is 0 Å². The number of halogens is 6. The number of hydrogen-bond donors (Lipinski definition) is 1. The summed E-state index contributed by atoms with van der Waals surface area (Å²) in [5.41, 5.74) is 0. The van der Waals surface area contributed by atoms with Crippen LogP contribution in [0.1, 0.15) is 6.92 Å². The molecule has 0 rings (SSSR count). The summed E-state index contributed by atoms with van der Waals surface area (Å²) in [6, 6.07) is 0. The second-order valence-electron chi connectivity index (χ2n) is 1.86. The van der Waals surface area contributed by atoms with E-state index in [9.17, 15) is 4.79 Å². The standard InChI is InChI=1S/C3Cl6O3.C2H4O2/c4-2(5,6)11-1(10)12-3(7,8)9;1-2(3)4/h;1H3,(H,3,4). The minimum atomic E-state index is -2.24. The Hall–Kier alpha value is 0.480. The summed E-state index contributed by atoms with van der Waals surface area (Å²) >= 11 is 30.2. The van der Waals surface area contributed by atoms with Gasteiger partial charge in [0, 0.05) is 6.92 Å². The average Bonchev–Trinajstić information content (AvgIpc) is 1.72. The van der Waals surface area contributed by atoms with Crippen molar-refractivity contribution in [3.05, 3.63) is 0 Å². The molecule has 0 bridgehead atoms. The Morgan fingerprint density at radius 1 is 0.938 bits per heavy atom. The zero-order valence-corrected chi connectivity index (χ0v) is 11.9. The topological polar surface area (TPSA) is 72.8 Å². The Morgan fingerprint density at radius 2 is 1.12 bits per heavy atom. The van der Waals surface area contributed by atoms with Crippen LogP contribution in [-0.2, 0) is 14.3 Å². The van der Waals surface area contributed by atoms with Gasteiger partial charge < -0.3 is 14.6 Å². The van der Waals surface area contributed by atoms with E-state index in [1.54, 1.807) is 0 Å². The van der Waals surface area contributed by atoms with Crippen molar-refractivity contribution in [3.63, 3.8) is 0 Å². The SMILES string of the molecule is CC(=O)O.O=C(OC(Cl)(Cl)Cl)OC(Cl)(Cl)Cl. The molecule has 0 heterocycles. The monoisotopic (exact) mass is 354 g/mol. The molecule has 0 aliphatic carbocycles. The first-order valence-corrected chi connectivity index (χ1v) is 5.35. The Labute approximate surface area is 120 Å². The molecule has 0 aromatic carbocycles. The van der Waals surface area contributed by atoms with E-state index in [1.165, 1.54) is 0 Å². The van der Waals surface area contributed by atoms with E-state index in [0.29, 0.717) is 0 Å². The minimum Gasteiger partial charge on any atom is -0.481 e. The largest absolute Gasteiger partial charge is 0.515 e. The van der Waals surface area contributed by atoms with Crippen LogP contribution in [0.25, 0.3) is 0 Å². The highest BCUT2D eigenvalue weighted by Crippen LogP contribution is 2.32. The van der Waals surface area contributed by atoms with Crippen molar-refractivity contribution in [1.29, 1.82) is 0 Å². The van der Waals surface area contributed by atoms with Gasteiger partial charge >= 0.3 is 14.1 Å². The van der Waals surface area contributed by atoms with Gasteiger partial charge in [0.1, 0.15) is 0 Å². The number of carbonyl (C=O) groups is 2. The maximum absolute atomic E-state index is 10.5. The van der Waals surface area contributed by atoms with E-state index in [1.807, 2.05) is 0 Å². The molecular formula is C5H4Cl6O5. The van der Waals surface area contributed by atoms with Gasteiger partial charge in [-0.05, 0) is 69.6 Å². The first kappa shape index (κ1) is 18.8. The molecule has 0 aliphatic heterocycles. The van der Waals surface area contributed by atoms with E-state index in [-0.39, 0.29) is 0 Å². The molecule has 0 aliphatic rings. The third kappa shape index (κ3) is 24.0. The molecule has 16 heavy (non-hydrogen) atoms.